The van der Waals surface area contributed by atoms with Gasteiger partial charge in [-0.3, -0.25) is 0 Å². The van der Waals surface area contributed by atoms with Crippen molar-refractivity contribution in [2.75, 3.05) is 25.0 Å². The summed E-state index contributed by atoms with van der Waals surface area (Å²) in [6, 6.07) is 6.18. The lowest BCUT2D eigenvalue weighted by Crippen LogP contribution is -2.46. The van der Waals surface area contributed by atoms with Crippen molar-refractivity contribution in [3.8, 4) is 0 Å². The summed E-state index contributed by atoms with van der Waals surface area (Å²) >= 11 is 0. The lowest BCUT2D eigenvalue weighted by molar-refractivity contribution is 0.154. The topological polar surface area (TPSA) is 55.3 Å². The zero-order chi connectivity index (χ0) is 13.5. The van der Waals surface area contributed by atoms with E-state index in [-0.39, 0.29) is 0 Å². The lowest BCUT2D eigenvalue weighted by Gasteiger charge is -2.44. The van der Waals surface area contributed by atoms with Crippen LogP contribution in [0.15, 0.2) is 22.6 Å². The summed E-state index contributed by atoms with van der Waals surface area (Å²) in [6.45, 7) is 3.68. The zero-order valence-corrected chi connectivity index (χ0v) is 11.6. The summed E-state index contributed by atoms with van der Waals surface area (Å²) in [6.07, 6.45) is 3.81. The number of hydrogen-bond acceptors (Lipinski definition) is 4. The quantitative estimate of drug-likeness (QED) is 0.917. The van der Waals surface area contributed by atoms with Crippen LogP contribution in [0, 0.1) is 12.3 Å². The highest BCUT2D eigenvalue weighted by molar-refractivity contribution is 5.77. The molecule has 0 atom stereocenters. The molecule has 0 amide bonds. The van der Waals surface area contributed by atoms with Crippen LogP contribution >= 0.6 is 0 Å². The largest absolute Gasteiger partial charge is 0.441 e. The second-order valence-electron chi connectivity index (χ2n) is 5.80. The molecule has 1 aromatic heterocycles. The monoisotopic (exact) mass is 259 g/mol. The third kappa shape index (κ3) is 2.21. The zero-order valence-electron chi connectivity index (χ0n) is 11.6. The van der Waals surface area contributed by atoms with Crippen molar-refractivity contribution in [3.63, 3.8) is 0 Å². The SMILES string of the molecule is Cc1nc2cc(N(C)CC3(CN)CCC3)ccc2o1. The minimum absolute atomic E-state index is 0.323. The first-order valence-corrected chi connectivity index (χ1v) is 6.90. The first kappa shape index (κ1) is 12.5. The van der Waals surface area contributed by atoms with E-state index >= 15 is 0 Å². The summed E-state index contributed by atoms with van der Waals surface area (Å²) in [5, 5.41) is 0. The van der Waals surface area contributed by atoms with E-state index < -0.39 is 0 Å². The van der Waals surface area contributed by atoms with Crippen LogP contribution in [0.1, 0.15) is 25.2 Å². The molecule has 1 aliphatic rings. The summed E-state index contributed by atoms with van der Waals surface area (Å²) in [5.41, 5.74) is 9.22. The number of nitrogens with two attached hydrogens (primary N) is 1. The Labute approximate surface area is 113 Å². The fraction of sp³-hybridized carbons (Fsp3) is 0.533. The molecule has 0 spiro atoms. The van der Waals surface area contributed by atoms with Crippen molar-refractivity contribution in [1.29, 1.82) is 0 Å². The van der Waals surface area contributed by atoms with Gasteiger partial charge in [0.25, 0.3) is 0 Å². The summed E-state index contributed by atoms with van der Waals surface area (Å²) in [4.78, 5) is 6.68. The Morgan fingerprint density at radius 2 is 2.21 bits per heavy atom. The number of fused-ring (bicyclic) bond motifs is 1. The van der Waals surface area contributed by atoms with Crippen molar-refractivity contribution in [1.82, 2.24) is 4.98 Å². The van der Waals surface area contributed by atoms with Gasteiger partial charge < -0.3 is 15.1 Å². The van der Waals surface area contributed by atoms with Crippen LogP contribution in [0.25, 0.3) is 11.1 Å². The summed E-state index contributed by atoms with van der Waals surface area (Å²) < 4.78 is 5.51. The average Bonchev–Trinajstić information content (AvgIpc) is 2.72. The van der Waals surface area contributed by atoms with Gasteiger partial charge >= 0.3 is 0 Å². The molecule has 2 N–H and O–H groups in total. The van der Waals surface area contributed by atoms with E-state index in [1.165, 1.54) is 24.9 Å². The average molecular weight is 259 g/mol. The fourth-order valence-corrected chi connectivity index (χ4v) is 2.97. The molecule has 0 bridgehead atoms. The van der Waals surface area contributed by atoms with E-state index in [9.17, 15) is 0 Å². The van der Waals surface area contributed by atoms with Crippen molar-refractivity contribution in [2.24, 2.45) is 11.1 Å². The molecule has 0 unspecified atom stereocenters. The van der Waals surface area contributed by atoms with E-state index in [2.05, 4.69) is 29.1 Å². The Morgan fingerprint density at radius 1 is 1.42 bits per heavy atom. The van der Waals surface area contributed by atoms with Crippen molar-refractivity contribution in [3.05, 3.63) is 24.1 Å². The maximum Gasteiger partial charge on any atom is 0.192 e. The number of aryl methyl sites for hydroxylation is 1. The summed E-state index contributed by atoms with van der Waals surface area (Å²) in [7, 11) is 2.13. The third-order valence-electron chi connectivity index (χ3n) is 4.34. The number of benzene rings is 1. The predicted molar refractivity (Wildman–Crippen MR) is 77.4 cm³/mol. The lowest BCUT2D eigenvalue weighted by atomic mass is 9.68. The first-order valence-electron chi connectivity index (χ1n) is 6.90. The number of anilines is 1. The molecule has 1 saturated carbocycles. The van der Waals surface area contributed by atoms with Crippen molar-refractivity contribution < 1.29 is 4.42 Å². The molecular weight excluding hydrogens is 238 g/mol. The summed E-state index contributed by atoms with van der Waals surface area (Å²) in [5.74, 6) is 0.715. The Balaban J connectivity index is 1.82. The van der Waals surface area contributed by atoms with E-state index in [1.807, 2.05) is 13.0 Å². The maximum atomic E-state index is 5.94. The fourth-order valence-electron chi connectivity index (χ4n) is 2.97. The molecule has 3 rings (SSSR count). The van der Waals surface area contributed by atoms with Gasteiger partial charge in [-0.05, 0) is 37.6 Å². The van der Waals surface area contributed by atoms with Gasteiger partial charge in [0.2, 0.25) is 0 Å². The van der Waals surface area contributed by atoms with Gasteiger partial charge in [0, 0.05) is 31.6 Å². The third-order valence-corrected chi connectivity index (χ3v) is 4.34. The normalized spacial score (nSPS) is 17.4. The molecule has 0 saturated heterocycles. The molecule has 4 heteroatoms. The van der Waals surface area contributed by atoms with Gasteiger partial charge in [-0.25, -0.2) is 4.98 Å². The Morgan fingerprint density at radius 3 is 2.84 bits per heavy atom. The van der Waals surface area contributed by atoms with Crippen molar-refractivity contribution in [2.45, 2.75) is 26.2 Å². The van der Waals surface area contributed by atoms with E-state index in [0.29, 0.717) is 11.3 Å². The van der Waals surface area contributed by atoms with Crippen LogP contribution in [0.2, 0.25) is 0 Å². The van der Waals surface area contributed by atoms with Crippen LogP contribution in [-0.4, -0.2) is 25.1 Å². The molecule has 0 aliphatic heterocycles. The van der Waals surface area contributed by atoms with E-state index in [1.54, 1.807) is 0 Å². The molecule has 102 valence electrons. The molecule has 2 aromatic rings. The van der Waals surface area contributed by atoms with Crippen molar-refractivity contribution >= 4 is 16.8 Å². The van der Waals surface area contributed by atoms with Gasteiger partial charge in [0.05, 0.1) is 0 Å². The van der Waals surface area contributed by atoms with Gasteiger partial charge in [0.15, 0.2) is 11.5 Å². The molecule has 1 heterocycles. The van der Waals surface area contributed by atoms with Gasteiger partial charge in [-0.2, -0.15) is 0 Å². The van der Waals surface area contributed by atoms with E-state index in [4.69, 9.17) is 10.2 Å². The Kier molecular flexibility index (Phi) is 2.97. The Bertz CT molecular complexity index is 581. The highest BCUT2D eigenvalue weighted by Crippen LogP contribution is 2.41. The highest BCUT2D eigenvalue weighted by atomic mass is 16.3. The van der Waals surface area contributed by atoms with Crippen LogP contribution in [-0.2, 0) is 0 Å². The number of rotatable bonds is 4. The maximum absolute atomic E-state index is 5.94. The Hall–Kier alpha value is -1.55. The van der Waals surface area contributed by atoms with Crippen LogP contribution < -0.4 is 10.6 Å². The standard InChI is InChI=1S/C15H21N3O/c1-11-17-13-8-12(4-5-14(13)19-11)18(2)10-15(9-16)6-3-7-15/h4-5,8H,3,6-7,9-10,16H2,1-2H3. The molecule has 19 heavy (non-hydrogen) atoms. The van der Waals surface area contributed by atoms with Gasteiger partial charge in [-0.15, -0.1) is 0 Å². The van der Waals surface area contributed by atoms with Crippen LogP contribution in [0.3, 0.4) is 0 Å². The molecule has 1 fully saturated rings. The molecule has 1 aromatic carbocycles. The minimum Gasteiger partial charge on any atom is -0.441 e. The number of aromatic nitrogens is 1. The smallest absolute Gasteiger partial charge is 0.192 e. The van der Waals surface area contributed by atoms with Gasteiger partial charge in [-0.1, -0.05) is 6.42 Å². The highest BCUT2D eigenvalue weighted by Gasteiger charge is 2.36. The molecule has 1 aliphatic carbocycles. The van der Waals surface area contributed by atoms with Gasteiger partial charge in [0.1, 0.15) is 5.52 Å². The second-order valence-corrected chi connectivity index (χ2v) is 5.80. The molecule has 4 nitrogen and oxygen atoms in total. The van der Waals surface area contributed by atoms with Crippen LogP contribution in [0.4, 0.5) is 5.69 Å². The molecular formula is C15H21N3O. The molecule has 0 radical (unpaired) electrons. The number of hydrogen-bond donors (Lipinski definition) is 1. The number of oxazole rings is 1. The first-order chi connectivity index (χ1) is 9.12. The second kappa shape index (κ2) is 4.53. The predicted octanol–water partition coefficient (Wildman–Crippen LogP) is 2.70. The van der Waals surface area contributed by atoms with E-state index in [0.717, 1.165) is 24.2 Å². The van der Waals surface area contributed by atoms with Crippen LogP contribution in [0.5, 0.6) is 0 Å². The minimum atomic E-state index is 0.323. The number of nitrogens with zero attached hydrogens (tertiary/aromatic N) is 2.